The van der Waals surface area contributed by atoms with Gasteiger partial charge in [0.25, 0.3) is 0 Å². The summed E-state index contributed by atoms with van der Waals surface area (Å²) in [5.41, 5.74) is 0. The van der Waals surface area contributed by atoms with E-state index in [4.69, 9.17) is 4.74 Å². The Morgan fingerprint density at radius 1 is 1.50 bits per heavy atom. The van der Waals surface area contributed by atoms with Crippen LogP contribution in [-0.4, -0.2) is 38.6 Å². The molecule has 0 saturated heterocycles. The lowest BCUT2D eigenvalue weighted by Gasteiger charge is -2.25. The quantitative estimate of drug-likeness (QED) is 0.790. The molecule has 0 saturated carbocycles. The molecule has 1 N–H and O–H groups in total. The van der Waals surface area contributed by atoms with E-state index in [1.54, 1.807) is 20.1 Å². The molecule has 1 heterocycles. The van der Waals surface area contributed by atoms with Crippen molar-refractivity contribution in [2.75, 3.05) is 19.3 Å². The molecule has 16 heavy (non-hydrogen) atoms. The smallest absolute Gasteiger partial charge is 0.153 e. The minimum atomic E-state index is -3.02. The van der Waals surface area contributed by atoms with E-state index in [2.05, 4.69) is 5.32 Å². The predicted molar refractivity (Wildman–Crippen MR) is 65.0 cm³/mol. The van der Waals surface area contributed by atoms with E-state index < -0.39 is 14.6 Å². The van der Waals surface area contributed by atoms with Crippen LogP contribution in [0.5, 0.6) is 0 Å². The molecule has 0 amide bonds. The second-order valence-electron chi connectivity index (χ2n) is 4.87. The fourth-order valence-electron chi connectivity index (χ4n) is 1.40. The van der Waals surface area contributed by atoms with Crippen molar-refractivity contribution in [3.05, 3.63) is 12.3 Å². The molecular formula is C11H21NO3S. The molecule has 0 spiro atoms. The summed E-state index contributed by atoms with van der Waals surface area (Å²) in [7, 11) is -3.02. The van der Waals surface area contributed by atoms with Gasteiger partial charge in [-0.25, -0.2) is 8.42 Å². The topological polar surface area (TPSA) is 55.4 Å². The Balaban J connectivity index is 2.32. The maximum Gasteiger partial charge on any atom is 0.153 e. The number of nitrogens with one attached hydrogen (secondary N) is 1. The molecule has 4 nitrogen and oxygen atoms in total. The number of rotatable bonds is 5. The Morgan fingerprint density at radius 3 is 2.69 bits per heavy atom. The molecule has 0 bridgehead atoms. The van der Waals surface area contributed by atoms with E-state index in [9.17, 15) is 8.42 Å². The zero-order valence-electron chi connectivity index (χ0n) is 10.2. The standard InChI is InChI=1S/C11H21NO3S/c1-11(2,16(3,13)14)9-12-8-10-6-4-5-7-15-10/h5,7,10,12H,4,6,8-9H2,1-3H3. The van der Waals surface area contributed by atoms with Gasteiger partial charge in [-0.15, -0.1) is 0 Å². The molecule has 1 rings (SSSR count). The van der Waals surface area contributed by atoms with Crippen LogP contribution in [0.4, 0.5) is 0 Å². The van der Waals surface area contributed by atoms with Crippen molar-refractivity contribution in [1.82, 2.24) is 5.32 Å². The van der Waals surface area contributed by atoms with Crippen molar-refractivity contribution in [3.8, 4) is 0 Å². The summed E-state index contributed by atoms with van der Waals surface area (Å²) < 4.78 is 27.6. The highest BCUT2D eigenvalue weighted by Gasteiger charge is 2.29. The fourth-order valence-corrected chi connectivity index (χ4v) is 1.76. The van der Waals surface area contributed by atoms with E-state index in [0.717, 1.165) is 12.8 Å². The average molecular weight is 247 g/mol. The van der Waals surface area contributed by atoms with Gasteiger partial charge in [-0.1, -0.05) is 0 Å². The van der Waals surface area contributed by atoms with Crippen LogP contribution < -0.4 is 5.32 Å². The number of ether oxygens (including phenoxy) is 1. The Labute approximate surface area is 98.0 Å². The normalized spacial score (nSPS) is 21.8. The monoisotopic (exact) mass is 247 g/mol. The highest BCUT2D eigenvalue weighted by molar-refractivity contribution is 7.92. The molecule has 1 unspecified atom stereocenters. The number of hydrogen-bond donors (Lipinski definition) is 1. The van der Waals surface area contributed by atoms with Crippen molar-refractivity contribution in [2.45, 2.75) is 37.5 Å². The molecule has 5 heteroatoms. The van der Waals surface area contributed by atoms with Crippen LogP contribution in [0, 0.1) is 0 Å². The third-order valence-electron chi connectivity index (χ3n) is 2.95. The minimum absolute atomic E-state index is 0.167. The van der Waals surface area contributed by atoms with Crippen molar-refractivity contribution in [2.24, 2.45) is 0 Å². The molecule has 0 radical (unpaired) electrons. The van der Waals surface area contributed by atoms with Crippen LogP contribution in [0.1, 0.15) is 26.7 Å². The Bertz CT molecular complexity index is 346. The lowest BCUT2D eigenvalue weighted by atomic mass is 10.1. The zero-order valence-corrected chi connectivity index (χ0v) is 11.0. The minimum Gasteiger partial charge on any atom is -0.497 e. The molecule has 94 valence electrons. The molecular weight excluding hydrogens is 226 g/mol. The largest absolute Gasteiger partial charge is 0.497 e. The first-order chi connectivity index (χ1) is 7.33. The van der Waals surface area contributed by atoms with Gasteiger partial charge in [0.05, 0.1) is 11.0 Å². The summed E-state index contributed by atoms with van der Waals surface area (Å²) in [6, 6.07) is 0. The van der Waals surface area contributed by atoms with E-state index in [-0.39, 0.29) is 6.10 Å². The summed E-state index contributed by atoms with van der Waals surface area (Å²) in [6.45, 7) is 4.62. The Morgan fingerprint density at radius 2 is 2.19 bits per heavy atom. The molecule has 0 aromatic rings. The highest BCUT2D eigenvalue weighted by Crippen LogP contribution is 2.14. The van der Waals surface area contributed by atoms with Gasteiger partial charge in [0, 0.05) is 19.3 Å². The first-order valence-electron chi connectivity index (χ1n) is 5.54. The Kier molecular flexibility index (Phi) is 4.38. The fraction of sp³-hybridized carbons (Fsp3) is 0.818. The van der Waals surface area contributed by atoms with Crippen LogP contribution in [0.15, 0.2) is 12.3 Å². The van der Waals surface area contributed by atoms with Gasteiger partial charge in [0.1, 0.15) is 6.10 Å². The van der Waals surface area contributed by atoms with Gasteiger partial charge in [-0.3, -0.25) is 0 Å². The van der Waals surface area contributed by atoms with E-state index in [1.165, 1.54) is 6.26 Å². The second kappa shape index (κ2) is 5.19. The molecule has 0 aromatic carbocycles. The van der Waals surface area contributed by atoms with Gasteiger partial charge in [0.15, 0.2) is 9.84 Å². The summed E-state index contributed by atoms with van der Waals surface area (Å²) >= 11 is 0. The van der Waals surface area contributed by atoms with Crippen LogP contribution in [0.3, 0.4) is 0 Å². The third kappa shape index (κ3) is 3.79. The van der Waals surface area contributed by atoms with Gasteiger partial charge in [-0.2, -0.15) is 0 Å². The lowest BCUT2D eigenvalue weighted by Crippen LogP contribution is -2.44. The summed E-state index contributed by atoms with van der Waals surface area (Å²) in [4.78, 5) is 0. The number of hydrogen-bond acceptors (Lipinski definition) is 4. The summed E-state index contributed by atoms with van der Waals surface area (Å²) in [5.74, 6) is 0. The van der Waals surface area contributed by atoms with Gasteiger partial charge >= 0.3 is 0 Å². The summed E-state index contributed by atoms with van der Waals surface area (Å²) in [6.07, 6.45) is 7.17. The first kappa shape index (κ1) is 13.5. The summed E-state index contributed by atoms with van der Waals surface area (Å²) in [5, 5.41) is 3.16. The molecule has 0 aliphatic carbocycles. The molecule has 0 aromatic heterocycles. The van der Waals surface area contributed by atoms with Crippen molar-refractivity contribution in [1.29, 1.82) is 0 Å². The zero-order chi connectivity index (χ0) is 12.2. The van der Waals surface area contributed by atoms with Gasteiger partial charge < -0.3 is 10.1 Å². The van der Waals surface area contributed by atoms with Crippen LogP contribution >= 0.6 is 0 Å². The van der Waals surface area contributed by atoms with Crippen LogP contribution in [0.25, 0.3) is 0 Å². The second-order valence-corrected chi connectivity index (χ2v) is 7.52. The first-order valence-corrected chi connectivity index (χ1v) is 7.43. The maximum atomic E-state index is 11.5. The van der Waals surface area contributed by atoms with Gasteiger partial charge in [0.2, 0.25) is 0 Å². The van der Waals surface area contributed by atoms with Crippen molar-refractivity contribution >= 4 is 9.84 Å². The number of sulfone groups is 1. The number of allylic oxidation sites excluding steroid dienone is 1. The predicted octanol–water partition coefficient (Wildman–Crippen LogP) is 1.09. The molecule has 1 atom stereocenters. The van der Waals surface area contributed by atoms with Crippen molar-refractivity contribution in [3.63, 3.8) is 0 Å². The lowest BCUT2D eigenvalue weighted by molar-refractivity contribution is 0.122. The van der Waals surface area contributed by atoms with E-state index in [1.807, 2.05) is 6.08 Å². The average Bonchev–Trinajstić information content (AvgIpc) is 2.17. The molecule has 0 fully saturated rings. The molecule has 1 aliphatic heterocycles. The van der Waals surface area contributed by atoms with Crippen molar-refractivity contribution < 1.29 is 13.2 Å². The van der Waals surface area contributed by atoms with E-state index >= 15 is 0 Å². The van der Waals surface area contributed by atoms with Crippen LogP contribution in [-0.2, 0) is 14.6 Å². The van der Waals surface area contributed by atoms with E-state index in [0.29, 0.717) is 13.1 Å². The maximum absolute atomic E-state index is 11.5. The molecule has 1 aliphatic rings. The SMILES string of the molecule is CC(C)(CNCC1CCC=CO1)S(C)(=O)=O. The highest BCUT2D eigenvalue weighted by atomic mass is 32.2. The third-order valence-corrected chi connectivity index (χ3v) is 5.10. The van der Waals surface area contributed by atoms with Crippen LogP contribution in [0.2, 0.25) is 0 Å². The van der Waals surface area contributed by atoms with Gasteiger partial charge in [-0.05, 0) is 32.8 Å². The Hall–Kier alpha value is -0.550.